The Morgan fingerprint density at radius 1 is 0.579 bits per heavy atom. The molecule has 5 rings (SSSR count). The largest absolute Gasteiger partial charge is 0.256 e. The van der Waals surface area contributed by atoms with E-state index < -0.39 is 8.07 Å². The zero-order valence-corrected chi connectivity index (χ0v) is 25.0. The highest BCUT2D eigenvalue weighted by Gasteiger charge is 2.17. The highest BCUT2D eigenvalue weighted by atomic mass is 28.3. The van der Waals surface area contributed by atoms with Crippen molar-refractivity contribution < 1.29 is 0 Å². The van der Waals surface area contributed by atoms with Crippen molar-refractivity contribution in [3.63, 3.8) is 0 Å². The SMILES string of the molecule is C[Si](C)Cc1ccc(-c2cccc(-c3ccccc3-c3cccc(-c4ccc([Si](C)(C)C)cn4)c3)c2)nc1. The lowest BCUT2D eigenvalue weighted by Gasteiger charge is -2.16. The van der Waals surface area contributed by atoms with Gasteiger partial charge >= 0.3 is 0 Å². The van der Waals surface area contributed by atoms with E-state index in [0.717, 1.165) is 28.6 Å². The molecule has 0 N–H and O–H groups in total. The third kappa shape index (κ3) is 5.93. The molecule has 1 radical (unpaired) electrons. The molecule has 0 atom stereocenters. The average Bonchev–Trinajstić information content (AvgIpc) is 2.93. The number of hydrogen-bond acceptors (Lipinski definition) is 2. The Labute approximate surface area is 230 Å². The second-order valence-electron chi connectivity index (χ2n) is 11.3. The first-order chi connectivity index (χ1) is 18.3. The predicted octanol–water partition coefficient (Wildman–Crippen LogP) is 8.53. The first kappa shape index (κ1) is 26.0. The van der Waals surface area contributed by atoms with Gasteiger partial charge in [0.25, 0.3) is 0 Å². The van der Waals surface area contributed by atoms with Crippen LogP contribution in [0.5, 0.6) is 0 Å². The van der Waals surface area contributed by atoms with Gasteiger partial charge in [0.1, 0.15) is 0 Å². The average molecular weight is 528 g/mol. The fourth-order valence-corrected chi connectivity index (χ4v) is 6.86. The molecule has 2 aromatic heterocycles. The second-order valence-corrected chi connectivity index (χ2v) is 19.2. The minimum absolute atomic E-state index is 0.308. The van der Waals surface area contributed by atoms with Crippen molar-refractivity contribution >= 4 is 22.1 Å². The molecule has 38 heavy (non-hydrogen) atoms. The van der Waals surface area contributed by atoms with E-state index >= 15 is 0 Å². The van der Waals surface area contributed by atoms with Crippen LogP contribution in [-0.2, 0) is 6.04 Å². The number of rotatable bonds is 7. The molecule has 2 heterocycles. The lowest BCUT2D eigenvalue weighted by Crippen LogP contribution is -2.37. The Kier molecular flexibility index (Phi) is 7.54. The quantitative estimate of drug-likeness (QED) is 0.198. The lowest BCUT2D eigenvalue weighted by molar-refractivity contribution is 1.23. The molecule has 4 heteroatoms. The van der Waals surface area contributed by atoms with E-state index in [1.54, 1.807) is 0 Å². The number of nitrogens with zero attached hydrogens (tertiary/aromatic N) is 2. The molecule has 0 aliphatic carbocycles. The Morgan fingerprint density at radius 3 is 1.55 bits per heavy atom. The summed E-state index contributed by atoms with van der Waals surface area (Å²) in [5, 5.41) is 1.38. The van der Waals surface area contributed by atoms with Gasteiger partial charge in [0.05, 0.1) is 19.5 Å². The second kappa shape index (κ2) is 11.0. The third-order valence-corrected chi connectivity index (χ3v) is 10.0. The summed E-state index contributed by atoms with van der Waals surface area (Å²) in [6, 6.07) is 36.1. The monoisotopic (exact) mass is 527 g/mol. The molecule has 0 saturated heterocycles. The van der Waals surface area contributed by atoms with Gasteiger partial charge in [-0.2, -0.15) is 0 Å². The molecular weight excluding hydrogens is 493 g/mol. The number of hydrogen-bond donors (Lipinski definition) is 0. The molecular formula is C34H35N2Si2. The van der Waals surface area contributed by atoms with Crippen molar-refractivity contribution in [1.82, 2.24) is 9.97 Å². The van der Waals surface area contributed by atoms with Crippen molar-refractivity contribution in [3.8, 4) is 44.8 Å². The van der Waals surface area contributed by atoms with Crippen LogP contribution in [0.4, 0.5) is 0 Å². The third-order valence-electron chi connectivity index (χ3n) is 6.88. The van der Waals surface area contributed by atoms with Gasteiger partial charge in [-0.3, -0.25) is 9.97 Å². The molecule has 0 fully saturated rings. The van der Waals surface area contributed by atoms with Crippen LogP contribution in [0.2, 0.25) is 32.7 Å². The maximum absolute atomic E-state index is 4.83. The summed E-state index contributed by atoms with van der Waals surface area (Å²) in [5.41, 5.74) is 10.5. The molecule has 0 spiro atoms. The molecule has 189 valence electrons. The molecule has 0 aliphatic heterocycles. The Bertz CT molecular complexity index is 1530. The van der Waals surface area contributed by atoms with Crippen LogP contribution in [0.3, 0.4) is 0 Å². The van der Waals surface area contributed by atoms with Crippen LogP contribution in [0, 0.1) is 0 Å². The summed E-state index contributed by atoms with van der Waals surface area (Å²) in [5.74, 6) is 0. The molecule has 0 bridgehead atoms. The van der Waals surface area contributed by atoms with Crippen molar-refractivity contribution in [2.45, 2.75) is 38.8 Å². The van der Waals surface area contributed by atoms with E-state index in [9.17, 15) is 0 Å². The van der Waals surface area contributed by atoms with Gasteiger partial charge in [0, 0.05) is 32.3 Å². The van der Waals surface area contributed by atoms with Crippen LogP contribution in [-0.4, -0.2) is 26.8 Å². The Morgan fingerprint density at radius 2 is 1.11 bits per heavy atom. The van der Waals surface area contributed by atoms with E-state index in [1.807, 2.05) is 6.20 Å². The van der Waals surface area contributed by atoms with Crippen molar-refractivity contribution in [3.05, 3.63) is 115 Å². The van der Waals surface area contributed by atoms with Gasteiger partial charge in [-0.15, -0.1) is 0 Å². The molecule has 0 saturated carbocycles. The van der Waals surface area contributed by atoms with Crippen molar-refractivity contribution in [2.24, 2.45) is 0 Å². The van der Waals surface area contributed by atoms with Crippen molar-refractivity contribution in [2.75, 3.05) is 0 Å². The van der Waals surface area contributed by atoms with Crippen LogP contribution in [0.15, 0.2) is 109 Å². The van der Waals surface area contributed by atoms with E-state index in [0.29, 0.717) is 0 Å². The smallest absolute Gasteiger partial charge is 0.0796 e. The summed E-state index contributed by atoms with van der Waals surface area (Å²) in [4.78, 5) is 9.62. The van der Waals surface area contributed by atoms with Crippen LogP contribution < -0.4 is 5.19 Å². The van der Waals surface area contributed by atoms with E-state index in [2.05, 4.69) is 136 Å². The summed E-state index contributed by atoms with van der Waals surface area (Å²) >= 11 is 0. The van der Waals surface area contributed by atoms with Gasteiger partial charge in [-0.25, -0.2) is 0 Å². The number of pyridine rings is 2. The standard InChI is InChI=1S/C34H35N2Si2/c1-37(2)24-25-16-18-33(35-22-25)28-12-8-10-26(20-28)31-14-6-7-15-32(31)27-11-9-13-29(21-27)34-19-17-30(23-36-34)38(3,4)5/h6-23H,24H2,1-5H3. The normalized spacial score (nSPS) is 11.6. The maximum Gasteiger partial charge on any atom is 0.0796 e. The molecule has 2 nitrogen and oxygen atoms in total. The Balaban J connectivity index is 1.48. The summed E-state index contributed by atoms with van der Waals surface area (Å²) in [6.07, 6.45) is 4.11. The molecule has 0 amide bonds. The highest BCUT2D eigenvalue weighted by Crippen LogP contribution is 2.35. The summed E-state index contributed by atoms with van der Waals surface area (Å²) < 4.78 is 0. The van der Waals surface area contributed by atoms with E-state index in [1.165, 1.54) is 33.0 Å². The van der Waals surface area contributed by atoms with E-state index in [-0.39, 0.29) is 8.80 Å². The van der Waals surface area contributed by atoms with Gasteiger partial charge in [0.15, 0.2) is 0 Å². The predicted molar refractivity (Wildman–Crippen MR) is 168 cm³/mol. The van der Waals surface area contributed by atoms with Gasteiger partial charge in [-0.05, 0) is 63.3 Å². The first-order valence-corrected chi connectivity index (χ1v) is 19.5. The van der Waals surface area contributed by atoms with Gasteiger partial charge < -0.3 is 0 Å². The fourth-order valence-electron chi connectivity index (χ4n) is 4.80. The topological polar surface area (TPSA) is 25.8 Å². The number of benzene rings is 3. The van der Waals surface area contributed by atoms with E-state index in [4.69, 9.17) is 9.97 Å². The maximum atomic E-state index is 4.83. The van der Waals surface area contributed by atoms with Crippen LogP contribution >= 0.6 is 0 Å². The first-order valence-electron chi connectivity index (χ1n) is 13.3. The fraction of sp³-hybridized carbons (Fsp3) is 0.176. The minimum Gasteiger partial charge on any atom is -0.256 e. The molecule has 0 aliphatic rings. The van der Waals surface area contributed by atoms with Gasteiger partial charge in [-0.1, -0.05) is 106 Å². The highest BCUT2D eigenvalue weighted by molar-refractivity contribution is 6.88. The molecule has 3 aromatic carbocycles. The van der Waals surface area contributed by atoms with Crippen LogP contribution in [0.25, 0.3) is 44.8 Å². The Hall–Kier alpha value is -3.61. The lowest BCUT2D eigenvalue weighted by atomic mass is 9.92. The number of aromatic nitrogens is 2. The van der Waals surface area contributed by atoms with Gasteiger partial charge in [0.2, 0.25) is 0 Å². The zero-order valence-electron chi connectivity index (χ0n) is 23.0. The van der Waals surface area contributed by atoms with Crippen molar-refractivity contribution in [1.29, 1.82) is 0 Å². The summed E-state index contributed by atoms with van der Waals surface area (Å²) in [7, 11) is -1.68. The summed E-state index contributed by atoms with van der Waals surface area (Å²) in [6.45, 7) is 11.8. The minimum atomic E-state index is -1.37. The molecule has 0 unspecified atom stereocenters. The zero-order chi connectivity index (χ0) is 26.7. The van der Waals surface area contributed by atoms with Crippen LogP contribution in [0.1, 0.15) is 5.56 Å². The molecule has 5 aromatic rings.